The van der Waals surface area contributed by atoms with E-state index >= 15 is 0 Å². The first kappa shape index (κ1) is 19.3. The SMILES string of the molecule is CCNC(=NCc1cccc(NC(=O)C2CCC2)c1)NC(C)C(C)C. The van der Waals surface area contributed by atoms with Crippen LogP contribution in [-0.4, -0.2) is 24.5 Å². The number of hydrogen-bond donors (Lipinski definition) is 3. The van der Waals surface area contributed by atoms with E-state index in [0.717, 1.165) is 36.6 Å². The van der Waals surface area contributed by atoms with Gasteiger partial charge in [-0.25, -0.2) is 4.99 Å². The van der Waals surface area contributed by atoms with Gasteiger partial charge in [-0.1, -0.05) is 32.4 Å². The van der Waals surface area contributed by atoms with Crippen LogP contribution in [0.15, 0.2) is 29.3 Å². The average Bonchev–Trinajstić information content (AvgIpc) is 2.51. The number of hydrogen-bond acceptors (Lipinski definition) is 2. The highest BCUT2D eigenvalue weighted by molar-refractivity contribution is 5.93. The van der Waals surface area contributed by atoms with Gasteiger partial charge in [0.1, 0.15) is 0 Å². The molecular weight excluding hydrogens is 312 g/mol. The van der Waals surface area contributed by atoms with Gasteiger partial charge in [0.2, 0.25) is 5.91 Å². The van der Waals surface area contributed by atoms with E-state index in [-0.39, 0.29) is 11.8 Å². The van der Waals surface area contributed by atoms with E-state index < -0.39 is 0 Å². The van der Waals surface area contributed by atoms with Gasteiger partial charge in [-0.3, -0.25) is 4.79 Å². The molecule has 0 heterocycles. The molecule has 1 unspecified atom stereocenters. The minimum atomic E-state index is 0.146. The maximum atomic E-state index is 12.1. The molecule has 0 aromatic heterocycles. The number of carbonyl (C=O) groups excluding carboxylic acids is 1. The fourth-order valence-electron chi connectivity index (χ4n) is 2.53. The number of nitrogens with one attached hydrogen (secondary N) is 3. The number of nitrogens with zero attached hydrogens (tertiary/aromatic N) is 1. The number of aliphatic imine (C=N–C) groups is 1. The highest BCUT2D eigenvalue weighted by Crippen LogP contribution is 2.27. The summed E-state index contributed by atoms with van der Waals surface area (Å²) in [5, 5.41) is 9.74. The summed E-state index contributed by atoms with van der Waals surface area (Å²) in [5.74, 6) is 1.71. The molecule has 1 aromatic carbocycles. The zero-order chi connectivity index (χ0) is 18.2. The van der Waals surface area contributed by atoms with E-state index in [0.29, 0.717) is 18.5 Å². The number of guanidine groups is 1. The second kappa shape index (κ2) is 9.44. The van der Waals surface area contributed by atoms with E-state index in [1.165, 1.54) is 6.42 Å². The highest BCUT2D eigenvalue weighted by atomic mass is 16.1. The zero-order valence-corrected chi connectivity index (χ0v) is 15.9. The number of rotatable bonds is 7. The molecule has 0 aliphatic heterocycles. The van der Waals surface area contributed by atoms with E-state index in [4.69, 9.17) is 0 Å². The van der Waals surface area contributed by atoms with E-state index in [1.807, 2.05) is 24.3 Å². The molecule has 5 nitrogen and oxygen atoms in total. The van der Waals surface area contributed by atoms with Crippen molar-refractivity contribution in [3.8, 4) is 0 Å². The maximum absolute atomic E-state index is 12.1. The second-order valence-electron chi connectivity index (χ2n) is 7.19. The number of anilines is 1. The molecule has 0 bridgehead atoms. The smallest absolute Gasteiger partial charge is 0.227 e. The first-order valence-corrected chi connectivity index (χ1v) is 9.44. The molecule has 1 aromatic rings. The van der Waals surface area contributed by atoms with Gasteiger partial charge in [-0.2, -0.15) is 0 Å². The van der Waals surface area contributed by atoms with Gasteiger partial charge in [0, 0.05) is 24.2 Å². The van der Waals surface area contributed by atoms with Crippen molar-refractivity contribution in [1.82, 2.24) is 10.6 Å². The van der Waals surface area contributed by atoms with Crippen LogP contribution in [0, 0.1) is 11.8 Å². The Morgan fingerprint density at radius 1 is 1.28 bits per heavy atom. The van der Waals surface area contributed by atoms with Crippen molar-refractivity contribution < 1.29 is 4.79 Å². The lowest BCUT2D eigenvalue weighted by Gasteiger charge is -2.24. The molecule has 0 radical (unpaired) electrons. The summed E-state index contributed by atoms with van der Waals surface area (Å²) >= 11 is 0. The third-order valence-electron chi connectivity index (χ3n) is 4.80. The molecule has 1 saturated carbocycles. The van der Waals surface area contributed by atoms with Crippen molar-refractivity contribution in [2.45, 2.75) is 59.5 Å². The lowest BCUT2D eigenvalue weighted by Crippen LogP contribution is -2.44. The van der Waals surface area contributed by atoms with Crippen LogP contribution >= 0.6 is 0 Å². The fraction of sp³-hybridized carbons (Fsp3) is 0.600. The molecule has 1 atom stereocenters. The molecule has 0 spiro atoms. The Kier molecular flexibility index (Phi) is 7.29. The third kappa shape index (κ3) is 6.07. The lowest BCUT2D eigenvalue weighted by atomic mass is 9.85. The van der Waals surface area contributed by atoms with Gasteiger partial charge in [0.25, 0.3) is 0 Å². The Labute approximate surface area is 151 Å². The molecule has 138 valence electrons. The van der Waals surface area contributed by atoms with Crippen molar-refractivity contribution in [3.63, 3.8) is 0 Å². The van der Waals surface area contributed by atoms with Crippen LogP contribution in [0.5, 0.6) is 0 Å². The molecule has 1 aliphatic carbocycles. The molecule has 3 N–H and O–H groups in total. The van der Waals surface area contributed by atoms with Crippen molar-refractivity contribution in [3.05, 3.63) is 29.8 Å². The van der Waals surface area contributed by atoms with Crippen LogP contribution in [0.1, 0.15) is 52.5 Å². The average molecular weight is 345 g/mol. The zero-order valence-electron chi connectivity index (χ0n) is 15.9. The van der Waals surface area contributed by atoms with Crippen molar-refractivity contribution in [1.29, 1.82) is 0 Å². The van der Waals surface area contributed by atoms with Crippen LogP contribution < -0.4 is 16.0 Å². The Balaban J connectivity index is 1.97. The molecule has 2 rings (SSSR count). The van der Waals surface area contributed by atoms with Crippen molar-refractivity contribution in [2.75, 3.05) is 11.9 Å². The van der Waals surface area contributed by atoms with Gasteiger partial charge in [0.15, 0.2) is 5.96 Å². The molecule has 1 aliphatic rings. The molecule has 25 heavy (non-hydrogen) atoms. The summed E-state index contributed by atoms with van der Waals surface area (Å²) in [6.07, 6.45) is 3.20. The van der Waals surface area contributed by atoms with Crippen LogP contribution in [0.4, 0.5) is 5.69 Å². The van der Waals surface area contributed by atoms with Gasteiger partial charge in [0.05, 0.1) is 6.54 Å². The Hall–Kier alpha value is -2.04. The monoisotopic (exact) mass is 344 g/mol. The number of carbonyl (C=O) groups is 1. The number of benzene rings is 1. The van der Waals surface area contributed by atoms with Crippen LogP contribution in [0.2, 0.25) is 0 Å². The molecule has 5 heteroatoms. The molecule has 1 fully saturated rings. The normalized spacial score (nSPS) is 16.3. The summed E-state index contributed by atoms with van der Waals surface area (Å²) in [4.78, 5) is 16.8. The standard InChI is InChI=1S/C20H32N4O/c1-5-21-20(23-15(4)14(2)3)22-13-16-8-6-11-18(12-16)24-19(25)17-9-7-10-17/h6,8,11-12,14-15,17H,5,7,9-10,13H2,1-4H3,(H,24,25)(H2,21,22,23). The van der Waals surface area contributed by atoms with E-state index in [1.54, 1.807) is 0 Å². The maximum Gasteiger partial charge on any atom is 0.227 e. The van der Waals surface area contributed by atoms with Crippen LogP contribution in [-0.2, 0) is 11.3 Å². The summed E-state index contributed by atoms with van der Waals surface area (Å²) < 4.78 is 0. The van der Waals surface area contributed by atoms with Crippen molar-refractivity contribution in [2.24, 2.45) is 16.8 Å². The lowest BCUT2D eigenvalue weighted by molar-refractivity contribution is -0.122. The van der Waals surface area contributed by atoms with Gasteiger partial charge >= 0.3 is 0 Å². The highest BCUT2D eigenvalue weighted by Gasteiger charge is 2.25. The Morgan fingerprint density at radius 2 is 2.04 bits per heavy atom. The number of amides is 1. The van der Waals surface area contributed by atoms with Gasteiger partial charge in [-0.05, 0) is 50.3 Å². The second-order valence-corrected chi connectivity index (χ2v) is 7.19. The van der Waals surface area contributed by atoms with Crippen LogP contribution in [0.25, 0.3) is 0 Å². The first-order valence-electron chi connectivity index (χ1n) is 9.44. The Bertz CT molecular complexity index is 593. The summed E-state index contributed by atoms with van der Waals surface area (Å²) in [7, 11) is 0. The fourth-order valence-corrected chi connectivity index (χ4v) is 2.53. The summed E-state index contributed by atoms with van der Waals surface area (Å²) in [6, 6.07) is 8.31. The minimum absolute atomic E-state index is 0.146. The predicted octanol–water partition coefficient (Wildman–Crippen LogP) is 3.52. The molecular formula is C20H32N4O. The van der Waals surface area contributed by atoms with E-state index in [9.17, 15) is 4.79 Å². The first-order chi connectivity index (χ1) is 12.0. The Morgan fingerprint density at radius 3 is 2.64 bits per heavy atom. The largest absolute Gasteiger partial charge is 0.357 e. The topological polar surface area (TPSA) is 65.5 Å². The summed E-state index contributed by atoms with van der Waals surface area (Å²) in [5.41, 5.74) is 1.94. The predicted molar refractivity (Wildman–Crippen MR) is 105 cm³/mol. The van der Waals surface area contributed by atoms with Gasteiger partial charge < -0.3 is 16.0 Å². The van der Waals surface area contributed by atoms with E-state index in [2.05, 4.69) is 48.6 Å². The minimum Gasteiger partial charge on any atom is -0.357 e. The van der Waals surface area contributed by atoms with Gasteiger partial charge in [-0.15, -0.1) is 0 Å². The third-order valence-corrected chi connectivity index (χ3v) is 4.80. The molecule has 0 saturated heterocycles. The quantitative estimate of drug-likeness (QED) is 0.524. The summed E-state index contributed by atoms with van der Waals surface area (Å²) in [6.45, 7) is 10.0. The van der Waals surface area contributed by atoms with Crippen LogP contribution in [0.3, 0.4) is 0 Å². The molecule has 1 amide bonds. The van der Waals surface area contributed by atoms with Crippen molar-refractivity contribution >= 4 is 17.6 Å².